The molecule has 1 fully saturated rings. The molecule has 3 amide bonds. The van der Waals surface area contributed by atoms with Gasteiger partial charge in [-0.2, -0.15) is 0 Å². The SMILES string of the molecule is O=C1NC(c2ccccc2)C(=O)N1Cc1ccc(Br)cc1F. The van der Waals surface area contributed by atoms with Gasteiger partial charge in [-0.3, -0.25) is 9.69 Å². The number of urea groups is 1. The fourth-order valence-electron chi connectivity index (χ4n) is 2.36. The molecule has 1 N–H and O–H groups in total. The van der Waals surface area contributed by atoms with Crippen molar-refractivity contribution in [3.05, 3.63) is 69.9 Å². The highest BCUT2D eigenvalue weighted by atomic mass is 79.9. The molecular formula is C16H12BrFN2O2. The van der Waals surface area contributed by atoms with E-state index in [0.29, 0.717) is 15.6 Å². The first-order valence-electron chi connectivity index (χ1n) is 6.67. The lowest BCUT2D eigenvalue weighted by Gasteiger charge is -2.14. The molecule has 112 valence electrons. The number of hydrogen-bond acceptors (Lipinski definition) is 2. The van der Waals surface area contributed by atoms with Crippen molar-refractivity contribution < 1.29 is 14.0 Å². The highest BCUT2D eigenvalue weighted by molar-refractivity contribution is 9.10. The average Bonchev–Trinajstić information content (AvgIpc) is 2.79. The maximum atomic E-state index is 13.9. The summed E-state index contributed by atoms with van der Waals surface area (Å²) in [7, 11) is 0. The summed E-state index contributed by atoms with van der Waals surface area (Å²) in [6.07, 6.45) is 0. The van der Waals surface area contributed by atoms with Crippen LogP contribution in [0.3, 0.4) is 0 Å². The third-order valence-corrected chi connectivity index (χ3v) is 4.00. The Morgan fingerprint density at radius 2 is 1.86 bits per heavy atom. The number of rotatable bonds is 3. The van der Waals surface area contributed by atoms with Gasteiger partial charge in [0.15, 0.2) is 0 Å². The van der Waals surface area contributed by atoms with Crippen molar-refractivity contribution in [2.45, 2.75) is 12.6 Å². The number of carbonyl (C=O) groups excluding carboxylic acids is 2. The molecule has 3 rings (SSSR count). The number of hydrogen-bond donors (Lipinski definition) is 1. The van der Waals surface area contributed by atoms with Crippen molar-refractivity contribution in [2.75, 3.05) is 0 Å². The van der Waals surface area contributed by atoms with E-state index in [9.17, 15) is 14.0 Å². The minimum absolute atomic E-state index is 0.0902. The largest absolute Gasteiger partial charge is 0.325 e. The minimum Gasteiger partial charge on any atom is -0.322 e. The first kappa shape index (κ1) is 14.7. The van der Waals surface area contributed by atoms with Crippen molar-refractivity contribution in [1.82, 2.24) is 10.2 Å². The van der Waals surface area contributed by atoms with Crippen molar-refractivity contribution in [1.29, 1.82) is 0 Å². The van der Waals surface area contributed by atoms with Crippen molar-refractivity contribution in [2.24, 2.45) is 0 Å². The van der Waals surface area contributed by atoms with E-state index in [1.807, 2.05) is 6.07 Å². The molecule has 4 nitrogen and oxygen atoms in total. The standard InChI is InChI=1S/C16H12BrFN2O2/c17-12-7-6-11(13(18)8-12)9-20-15(21)14(19-16(20)22)10-4-2-1-3-5-10/h1-8,14H,9H2,(H,19,22). The smallest absolute Gasteiger partial charge is 0.322 e. The van der Waals surface area contributed by atoms with Gasteiger partial charge in [0.05, 0.1) is 6.54 Å². The molecule has 0 aromatic heterocycles. The summed E-state index contributed by atoms with van der Waals surface area (Å²) in [5.74, 6) is -0.836. The van der Waals surface area contributed by atoms with Crippen LogP contribution >= 0.6 is 15.9 Å². The van der Waals surface area contributed by atoms with Crippen LogP contribution in [0.2, 0.25) is 0 Å². The molecule has 2 aromatic rings. The highest BCUT2D eigenvalue weighted by Crippen LogP contribution is 2.24. The van der Waals surface area contributed by atoms with E-state index in [4.69, 9.17) is 0 Å². The summed E-state index contributed by atoms with van der Waals surface area (Å²) in [5, 5.41) is 2.63. The van der Waals surface area contributed by atoms with E-state index in [2.05, 4.69) is 21.2 Å². The quantitative estimate of drug-likeness (QED) is 0.850. The van der Waals surface area contributed by atoms with Crippen LogP contribution in [-0.2, 0) is 11.3 Å². The molecule has 1 saturated heterocycles. The van der Waals surface area contributed by atoms with Crippen LogP contribution in [0.4, 0.5) is 9.18 Å². The Balaban J connectivity index is 1.83. The fourth-order valence-corrected chi connectivity index (χ4v) is 2.69. The van der Waals surface area contributed by atoms with Gasteiger partial charge in [-0.05, 0) is 17.7 Å². The van der Waals surface area contributed by atoms with Gasteiger partial charge in [0.2, 0.25) is 0 Å². The third-order valence-electron chi connectivity index (χ3n) is 3.50. The highest BCUT2D eigenvalue weighted by Gasteiger charge is 2.39. The maximum Gasteiger partial charge on any atom is 0.325 e. The maximum absolute atomic E-state index is 13.9. The predicted octanol–water partition coefficient (Wildman–Crippen LogP) is 3.38. The lowest BCUT2D eigenvalue weighted by atomic mass is 10.1. The summed E-state index contributed by atoms with van der Waals surface area (Å²) in [6.45, 7) is -0.0902. The number of halogens is 2. The van der Waals surface area contributed by atoms with Gasteiger partial charge < -0.3 is 5.32 Å². The van der Waals surface area contributed by atoms with Gasteiger partial charge in [0, 0.05) is 10.0 Å². The van der Waals surface area contributed by atoms with Crippen LogP contribution in [0.15, 0.2) is 53.0 Å². The van der Waals surface area contributed by atoms with Gasteiger partial charge in [-0.25, -0.2) is 9.18 Å². The van der Waals surface area contributed by atoms with Gasteiger partial charge in [-0.1, -0.05) is 52.3 Å². The minimum atomic E-state index is -0.716. The van der Waals surface area contributed by atoms with E-state index in [1.54, 1.807) is 36.4 Å². The number of nitrogens with one attached hydrogen (secondary N) is 1. The number of benzene rings is 2. The Kier molecular flexibility index (Phi) is 3.94. The van der Waals surface area contributed by atoms with Crippen molar-refractivity contribution >= 4 is 27.9 Å². The summed E-state index contributed by atoms with van der Waals surface area (Å²) < 4.78 is 14.5. The Labute approximate surface area is 135 Å². The molecular weight excluding hydrogens is 351 g/mol. The van der Waals surface area contributed by atoms with E-state index < -0.39 is 17.9 Å². The third kappa shape index (κ3) is 2.74. The molecule has 1 aliphatic rings. The second-order valence-corrected chi connectivity index (χ2v) is 5.87. The van der Waals surface area contributed by atoms with E-state index in [-0.39, 0.29) is 12.5 Å². The van der Waals surface area contributed by atoms with Gasteiger partial charge in [0.1, 0.15) is 11.9 Å². The van der Waals surface area contributed by atoms with Crippen molar-refractivity contribution in [3.63, 3.8) is 0 Å². The molecule has 0 saturated carbocycles. The molecule has 0 aliphatic carbocycles. The zero-order valence-corrected chi connectivity index (χ0v) is 13.0. The zero-order chi connectivity index (χ0) is 15.7. The van der Waals surface area contributed by atoms with E-state index in [1.165, 1.54) is 6.07 Å². The molecule has 22 heavy (non-hydrogen) atoms. The number of imide groups is 1. The Bertz CT molecular complexity index is 736. The van der Waals surface area contributed by atoms with Crippen molar-refractivity contribution in [3.8, 4) is 0 Å². The molecule has 0 radical (unpaired) electrons. The van der Waals surface area contributed by atoms with Gasteiger partial charge in [0.25, 0.3) is 5.91 Å². The molecule has 6 heteroatoms. The lowest BCUT2D eigenvalue weighted by molar-refractivity contribution is -0.128. The van der Waals surface area contributed by atoms with E-state index in [0.717, 1.165) is 4.90 Å². The van der Waals surface area contributed by atoms with E-state index >= 15 is 0 Å². The van der Waals surface area contributed by atoms with Crippen LogP contribution in [0.25, 0.3) is 0 Å². The van der Waals surface area contributed by atoms with Crippen LogP contribution < -0.4 is 5.32 Å². The first-order chi connectivity index (χ1) is 10.6. The number of nitrogens with zero attached hydrogens (tertiary/aromatic N) is 1. The molecule has 1 aliphatic heterocycles. The second-order valence-electron chi connectivity index (χ2n) is 4.95. The topological polar surface area (TPSA) is 49.4 Å². The molecule has 1 atom stereocenters. The van der Waals surface area contributed by atoms with Crippen LogP contribution in [-0.4, -0.2) is 16.8 Å². The van der Waals surface area contributed by atoms with Gasteiger partial charge >= 0.3 is 6.03 Å². The summed E-state index contributed by atoms with van der Waals surface area (Å²) in [5.41, 5.74) is 1.00. The monoisotopic (exact) mass is 362 g/mol. The lowest BCUT2D eigenvalue weighted by Crippen LogP contribution is -2.30. The molecule has 1 heterocycles. The normalized spacial score (nSPS) is 17.7. The Hall–Kier alpha value is -2.21. The summed E-state index contributed by atoms with van der Waals surface area (Å²) in [6, 6.07) is 12.3. The van der Waals surface area contributed by atoms with Gasteiger partial charge in [-0.15, -0.1) is 0 Å². The zero-order valence-electron chi connectivity index (χ0n) is 11.4. The summed E-state index contributed by atoms with van der Waals surface area (Å²) >= 11 is 3.17. The average molecular weight is 363 g/mol. The Morgan fingerprint density at radius 1 is 1.14 bits per heavy atom. The molecule has 1 unspecified atom stereocenters. The predicted molar refractivity (Wildman–Crippen MR) is 82.4 cm³/mol. The second kappa shape index (κ2) is 5.88. The molecule has 0 bridgehead atoms. The van der Waals surface area contributed by atoms with Crippen LogP contribution in [0, 0.1) is 5.82 Å². The fraction of sp³-hybridized carbons (Fsp3) is 0.125. The summed E-state index contributed by atoms with van der Waals surface area (Å²) in [4.78, 5) is 25.5. The molecule has 0 spiro atoms. The number of carbonyl (C=O) groups is 2. The Morgan fingerprint density at radius 3 is 2.55 bits per heavy atom. The molecule has 2 aromatic carbocycles. The van der Waals surface area contributed by atoms with Crippen LogP contribution in [0.5, 0.6) is 0 Å². The van der Waals surface area contributed by atoms with Crippen LogP contribution in [0.1, 0.15) is 17.2 Å². The number of amides is 3. The first-order valence-corrected chi connectivity index (χ1v) is 7.46.